The second-order valence-corrected chi connectivity index (χ2v) is 6.89. The van der Waals surface area contributed by atoms with Crippen molar-refractivity contribution in [2.75, 3.05) is 40.5 Å². The first-order valence-electron chi connectivity index (χ1n) is 7.51. The van der Waals surface area contributed by atoms with E-state index in [1.807, 2.05) is 0 Å². The van der Waals surface area contributed by atoms with Crippen LogP contribution in [0.25, 0.3) is 0 Å². The largest absolute Gasteiger partial charge is 0.385 e. The van der Waals surface area contributed by atoms with Crippen molar-refractivity contribution in [3.63, 3.8) is 0 Å². The van der Waals surface area contributed by atoms with Crippen LogP contribution in [-0.4, -0.2) is 57.0 Å². The highest BCUT2D eigenvalue weighted by Crippen LogP contribution is 2.57. The van der Waals surface area contributed by atoms with Gasteiger partial charge in [0.2, 0.25) is 0 Å². The summed E-state index contributed by atoms with van der Waals surface area (Å²) in [5, 5.41) is 0. The average Bonchev–Trinajstić information content (AvgIpc) is 2.39. The molecule has 2 rings (SSSR count). The van der Waals surface area contributed by atoms with Crippen molar-refractivity contribution in [3.8, 4) is 0 Å². The molecule has 112 valence electrons. The molecule has 2 N–H and O–H groups in total. The summed E-state index contributed by atoms with van der Waals surface area (Å²) in [6, 6.07) is 0. The number of rotatable bonds is 6. The second kappa shape index (κ2) is 5.68. The summed E-state index contributed by atoms with van der Waals surface area (Å²) in [4.78, 5) is 2.35. The van der Waals surface area contributed by atoms with E-state index >= 15 is 0 Å². The fourth-order valence-electron chi connectivity index (χ4n) is 3.99. The van der Waals surface area contributed by atoms with Gasteiger partial charge in [0.05, 0.1) is 6.10 Å². The van der Waals surface area contributed by atoms with Gasteiger partial charge in [-0.1, -0.05) is 13.8 Å². The molecule has 1 aliphatic carbocycles. The number of methoxy groups -OCH3 is 1. The molecule has 1 saturated heterocycles. The maximum Gasteiger partial charge on any atom is 0.0690 e. The predicted octanol–water partition coefficient (Wildman–Crippen LogP) is 1.49. The average molecular weight is 270 g/mol. The van der Waals surface area contributed by atoms with Crippen LogP contribution in [0, 0.1) is 11.3 Å². The molecule has 3 atom stereocenters. The lowest BCUT2D eigenvalue weighted by atomic mass is 9.46. The van der Waals surface area contributed by atoms with E-state index in [4.69, 9.17) is 15.2 Å². The van der Waals surface area contributed by atoms with Crippen LogP contribution in [0.3, 0.4) is 0 Å². The summed E-state index contributed by atoms with van der Waals surface area (Å²) in [7, 11) is 3.92. The van der Waals surface area contributed by atoms with Gasteiger partial charge in [-0.25, -0.2) is 0 Å². The summed E-state index contributed by atoms with van der Waals surface area (Å²) in [6.07, 6.45) is 3.80. The fraction of sp³-hybridized carbons (Fsp3) is 1.00. The summed E-state index contributed by atoms with van der Waals surface area (Å²) < 4.78 is 11.1. The van der Waals surface area contributed by atoms with Crippen LogP contribution in [-0.2, 0) is 9.47 Å². The summed E-state index contributed by atoms with van der Waals surface area (Å²) in [6.45, 7) is 8.26. The van der Waals surface area contributed by atoms with Gasteiger partial charge in [-0.05, 0) is 26.3 Å². The lowest BCUT2D eigenvalue weighted by Gasteiger charge is -2.67. The summed E-state index contributed by atoms with van der Waals surface area (Å²) in [5.41, 5.74) is 6.75. The van der Waals surface area contributed by atoms with Crippen molar-refractivity contribution in [2.45, 2.75) is 44.8 Å². The third-order valence-electron chi connectivity index (χ3n) is 5.31. The zero-order valence-corrected chi connectivity index (χ0v) is 12.9. The number of nitrogens with two attached hydrogens (primary N) is 1. The SMILES string of the molecule is COCCCN(C)CC1(N)C2CCCOC2C1(C)C. The smallest absolute Gasteiger partial charge is 0.0690 e. The predicted molar refractivity (Wildman–Crippen MR) is 77.2 cm³/mol. The van der Waals surface area contributed by atoms with Gasteiger partial charge < -0.3 is 20.1 Å². The maximum atomic E-state index is 6.79. The number of hydrogen-bond donors (Lipinski definition) is 1. The Morgan fingerprint density at radius 1 is 1.42 bits per heavy atom. The number of fused-ring (bicyclic) bond motifs is 1. The molecule has 0 aromatic heterocycles. The molecule has 0 bridgehead atoms. The molecule has 0 radical (unpaired) electrons. The molecule has 19 heavy (non-hydrogen) atoms. The van der Waals surface area contributed by atoms with Crippen molar-refractivity contribution in [2.24, 2.45) is 17.1 Å². The van der Waals surface area contributed by atoms with E-state index in [1.165, 1.54) is 6.42 Å². The first-order chi connectivity index (χ1) is 8.93. The summed E-state index contributed by atoms with van der Waals surface area (Å²) in [5.74, 6) is 0.529. The molecule has 4 nitrogen and oxygen atoms in total. The fourth-order valence-corrected chi connectivity index (χ4v) is 3.99. The van der Waals surface area contributed by atoms with E-state index in [2.05, 4.69) is 25.8 Å². The molecule has 1 saturated carbocycles. The van der Waals surface area contributed by atoms with Gasteiger partial charge in [0.25, 0.3) is 0 Å². The van der Waals surface area contributed by atoms with E-state index in [0.29, 0.717) is 12.0 Å². The Morgan fingerprint density at radius 2 is 2.16 bits per heavy atom. The lowest BCUT2D eigenvalue weighted by Crippen LogP contribution is -2.80. The van der Waals surface area contributed by atoms with E-state index in [0.717, 1.165) is 39.1 Å². The van der Waals surface area contributed by atoms with Crippen molar-refractivity contribution >= 4 is 0 Å². The van der Waals surface area contributed by atoms with Crippen LogP contribution in [0.4, 0.5) is 0 Å². The highest BCUT2D eigenvalue weighted by Gasteiger charge is 2.66. The molecule has 2 fully saturated rings. The normalized spacial score (nSPS) is 36.9. The van der Waals surface area contributed by atoms with Gasteiger partial charge in [0, 0.05) is 50.3 Å². The molecular weight excluding hydrogens is 240 g/mol. The van der Waals surface area contributed by atoms with Crippen LogP contribution < -0.4 is 5.73 Å². The van der Waals surface area contributed by atoms with Crippen LogP contribution in [0.1, 0.15) is 33.1 Å². The minimum Gasteiger partial charge on any atom is -0.385 e. The topological polar surface area (TPSA) is 47.7 Å². The number of nitrogens with zero attached hydrogens (tertiary/aromatic N) is 1. The molecule has 0 spiro atoms. The molecular formula is C15H30N2O2. The van der Waals surface area contributed by atoms with Crippen LogP contribution >= 0.6 is 0 Å². The summed E-state index contributed by atoms with van der Waals surface area (Å²) >= 11 is 0. The standard InChI is InChI=1S/C15H30N2O2/c1-14(2)13-12(7-5-10-19-13)15(14,16)11-17(3)8-6-9-18-4/h12-13H,5-11,16H2,1-4H3. The highest BCUT2D eigenvalue weighted by atomic mass is 16.5. The van der Waals surface area contributed by atoms with Crippen molar-refractivity contribution in [3.05, 3.63) is 0 Å². The zero-order chi connectivity index (χ0) is 14.1. The molecule has 4 heteroatoms. The Labute approximate surface area is 117 Å². The number of hydrogen-bond acceptors (Lipinski definition) is 4. The van der Waals surface area contributed by atoms with Crippen LogP contribution in [0.2, 0.25) is 0 Å². The molecule has 3 unspecified atom stereocenters. The minimum absolute atomic E-state index is 0.0770. The molecule has 2 aliphatic rings. The Balaban J connectivity index is 1.93. The van der Waals surface area contributed by atoms with Gasteiger partial charge >= 0.3 is 0 Å². The highest BCUT2D eigenvalue weighted by molar-refractivity contribution is 5.20. The van der Waals surface area contributed by atoms with E-state index in [-0.39, 0.29) is 11.0 Å². The third-order valence-corrected chi connectivity index (χ3v) is 5.31. The minimum atomic E-state index is -0.111. The van der Waals surface area contributed by atoms with Gasteiger partial charge in [0.1, 0.15) is 0 Å². The quantitative estimate of drug-likeness (QED) is 0.743. The first kappa shape index (κ1) is 15.2. The van der Waals surface area contributed by atoms with E-state index < -0.39 is 0 Å². The zero-order valence-electron chi connectivity index (χ0n) is 12.9. The van der Waals surface area contributed by atoms with Crippen LogP contribution in [0.5, 0.6) is 0 Å². The van der Waals surface area contributed by atoms with Gasteiger partial charge in [-0.2, -0.15) is 0 Å². The third kappa shape index (κ3) is 2.56. The lowest BCUT2D eigenvalue weighted by molar-refractivity contribution is -0.231. The maximum absolute atomic E-state index is 6.79. The van der Waals surface area contributed by atoms with Crippen molar-refractivity contribution in [1.29, 1.82) is 0 Å². The number of likely N-dealkylation sites (N-methyl/N-ethyl adjacent to an activating group) is 1. The molecule has 1 aliphatic heterocycles. The Morgan fingerprint density at radius 3 is 2.84 bits per heavy atom. The monoisotopic (exact) mass is 270 g/mol. The molecule has 0 aromatic rings. The second-order valence-electron chi connectivity index (χ2n) is 6.89. The number of ether oxygens (including phenoxy) is 2. The van der Waals surface area contributed by atoms with E-state index in [9.17, 15) is 0 Å². The van der Waals surface area contributed by atoms with Gasteiger partial charge in [-0.3, -0.25) is 0 Å². The van der Waals surface area contributed by atoms with E-state index in [1.54, 1.807) is 7.11 Å². The Kier molecular flexibility index (Phi) is 4.56. The van der Waals surface area contributed by atoms with Crippen molar-refractivity contribution in [1.82, 2.24) is 4.90 Å². The Hall–Kier alpha value is -0.160. The molecule has 0 amide bonds. The van der Waals surface area contributed by atoms with Gasteiger partial charge in [0.15, 0.2) is 0 Å². The van der Waals surface area contributed by atoms with Gasteiger partial charge in [-0.15, -0.1) is 0 Å². The van der Waals surface area contributed by atoms with Crippen LogP contribution in [0.15, 0.2) is 0 Å². The Bertz CT molecular complexity index is 309. The molecule has 0 aromatic carbocycles. The van der Waals surface area contributed by atoms with Crippen molar-refractivity contribution < 1.29 is 9.47 Å². The first-order valence-corrected chi connectivity index (χ1v) is 7.51. The molecule has 1 heterocycles.